The number of carbonyl (C=O) groups excluding carboxylic acids is 1. The first-order valence-corrected chi connectivity index (χ1v) is 4.79. The van der Waals surface area contributed by atoms with Gasteiger partial charge in [-0.3, -0.25) is 4.79 Å². The summed E-state index contributed by atoms with van der Waals surface area (Å²) in [4.78, 5) is 25.4. The Hall–Kier alpha value is -1.41. The minimum absolute atomic E-state index is 0.0636. The molecule has 0 radical (unpaired) electrons. The van der Waals surface area contributed by atoms with Crippen LogP contribution in [0.15, 0.2) is 0 Å². The van der Waals surface area contributed by atoms with Crippen molar-refractivity contribution in [3.63, 3.8) is 0 Å². The van der Waals surface area contributed by atoms with E-state index < -0.39 is 35.5 Å². The summed E-state index contributed by atoms with van der Waals surface area (Å²) in [6.45, 7) is 1.52. The first-order chi connectivity index (χ1) is 7.58. The lowest BCUT2D eigenvalue weighted by Gasteiger charge is -2.15. The molecule has 4 atom stereocenters. The summed E-state index contributed by atoms with van der Waals surface area (Å²) in [5.74, 6) is -0.434. The molecule has 2 aliphatic rings. The highest BCUT2D eigenvalue weighted by Crippen LogP contribution is 2.30. The molecule has 8 nitrogen and oxygen atoms in total. The monoisotopic (exact) mass is 233 g/mol. The second kappa shape index (κ2) is 4.22. The highest BCUT2D eigenvalue weighted by atomic mass is 17.0. The zero-order valence-corrected chi connectivity index (χ0v) is 8.53. The first kappa shape index (κ1) is 11.1. The van der Waals surface area contributed by atoms with Gasteiger partial charge in [-0.05, 0) is 0 Å². The average Bonchev–Trinajstić information content (AvgIpc) is 2.70. The Morgan fingerprint density at radius 3 is 2.44 bits per heavy atom. The highest BCUT2D eigenvalue weighted by Gasteiger charge is 2.50. The molecule has 0 saturated carbocycles. The first-order valence-electron chi connectivity index (χ1n) is 4.79. The lowest BCUT2D eigenvalue weighted by molar-refractivity contribution is -0.769. The quantitative estimate of drug-likeness (QED) is 0.361. The molecule has 0 aromatic rings. The third-order valence-corrected chi connectivity index (χ3v) is 2.50. The Kier molecular flexibility index (Phi) is 2.92. The smallest absolute Gasteiger partial charge is 0.303 e. The zero-order valence-electron chi connectivity index (χ0n) is 8.53. The molecule has 16 heavy (non-hydrogen) atoms. The molecular formula is C8H11NO7. The number of carbonyl (C=O) groups is 1. The fourth-order valence-electron chi connectivity index (χ4n) is 1.94. The van der Waals surface area contributed by atoms with E-state index in [1.54, 1.807) is 0 Å². The summed E-state index contributed by atoms with van der Waals surface area (Å²) in [6.07, 6.45) is -2.29. The Balaban J connectivity index is 1.95. The van der Waals surface area contributed by atoms with E-state index in [9.17, 15) is 14.9 Å². The van der Waals surface area contributed by atoms with Crippen LogP contribution in [0.2, 0.25) is 0 Å². The van der Waals surface area contributed by atoms with E-state index in [0.29, 0.717) is 0 Å². The fraction of sp³-hybridized carbons (Fsp3) is 0.875. The predicted octanol–water partition coefficient (Wildman–Crippen LogP) is -0.707. The predicted molar refractivity (Wildman–Crippen MR) is 46.9 cm³/mol. The van der Waals surface area contributed by atoms with Gasteiger partial charge < -0.3 is 19.0 Å². The lowest BCUT2D eigenvalue weighted by Crippen LogP contribution is -2.35. The number of esters is 1. The summed E-state index contributed by atoms with van der Waals surface area (Å²) in [5, 5.41) is 9.31. The van der Waals surface area contributed by atoms with Crippen LogP contribution in [0.5, 0.6) is 0 Å². The molecule has 2 fully saturated rings. The zero-order chi connectivity index (χ0) is 11.7. The molecule has 0 aromatic carbocycles. The van der Waals surface area contributed by atoms with E-state index in [2.05, 4.69) is 4.84 Å². The van der Waals surface area contributed by atoms with Gasteiger partial charge >= 0.3 is 5.97 Å². The van der Waals surface area contributed by atoms with E-state index in [4.69, 9.17) is 14.2 Å². The van der Waals surface area contributed by atoms with Crippen LogP contribution < -0.4 is 0 Å². The maximum Gasteiger partial charge on any atom is 0.303 e. The molecule has 2 heterocycles. The number of fused-ring (bicyclic) bond motifs is 1. The van der Waals surface area contributed by atoms with Gasteiger partial charge in [0.25, 0.3) is 5.09 Å². The number of hydrogen-bond donors (Lipinski definition) is 0. The Labute approximate surface area is 90.5 Å². The van der Waals surface area contributed by atoms with Gasteiger partial charge in [-0.2, -0.15) is 0 Å². The van der Waals surface area contributed by atoms with Gasteiger partial charge in [0.2, 0.25) is 0 Å². The minimum atomic E-state index is -0.876. The second-order valence-corrected chi connectivity index (χ2v) is 3.61. The maximum atomic E-state index is 10.8. The molecule has 0 amide bonds. The van der Waals surface area contributed by atoms with E-state index in [1.807, 2.05) is 0 Å². The second-order valence-electron chi connectivity index (χ2n) is 3.61. The minimum Gasteiger partial charge on any atom is -0.457 e. The van der Waals surface area contributed by atoms with Crippen LogP contribution in [0, 0.1) is 10.1 Å². The van der Waals surface area contributed by atoms with Crippen LogP contribution in [0.4, 0.5) is 0 Å². The van der Waals surface area contributed by atoms with Crippen molar-refractivity contribution in [1.82, 2.24) is 0 Å². The normalized spacial score (nSPS) is 36.8. The van der Waals surface area contributed by atoms with Crippen LogP contribution in [-0.2, 0) is 23.8 Å². The molecule has 0 aliphatic carbocycles. The lowest BCUT2D eigenvalue weighted by atomic mass is 10.1. The van der Waals surface area contributed by atoms with E-state index in [-0.39, 0.29) is 13.2 Å². The summed E-state index contributed by atoms with van der Waals surface area (Å²) in [5.41, 5.74) is 0. The van der Waals surface area contributed by atoms with Gasteiger partial charge in [0.05, 0.1) is 13.2 Å². The molecule has 0 aromatic heterocycles. The fourth-order valence-corrected chi connectivity index (χ4v) is 1.94. The number of rotatable bonds is 3. The molecule has 90 valence electrons. The summed E-state index contributed by atoms with van der Waals surface area (Å²) < 4.78 is 15.5. The molecule has 2 aliphatic heterocycles. The van der Waals surface area contributed by atoms with Gasteiger partial charge in [0.1, 0.15) is 12.2 Å². The summed E-state index contributed by atoms with van der Waals surface area (Å²) >= 11 is 0. The van der Waals surface area contributed by atoms with Crippen LogP contribution in [0.3, 0.4) is 0 Å². The van der Waals surface area contributed by atoms with E-state index in [0.717, 1.165) is 0 Å². The Bertz CT molecular complexity index is 277. The number of ether oxygens (including phenoxy) is 3. The number of nitrogens with zero attached hydrogens (tertiary/aromatic N) is 1. The van der Waals surface area contributed by atoms with Crippen molar-refractivity contribution in [2.24, 2.45) is 0 Å². The van der Waals surface area contributed by atoms with Crippen LogP contribution in [0.1, 0.15) is 6.92 Å². The van der Waals surface area contributed by atoms with E-state index in [1.165, 1.54) is 6.92 Å². The standard InChI is InChI=1S/C8H11NO7/c1-4(10)15-5-2-13-8-6(16-9(11)12)3-14-7(5)8/h5-8H,2-3H2,1H3/t5-,6+,7+,8+/m0/s1. The van der Waals surface area contributed by atoms with Gasteiger partial charge in [0, 0.05) is 6.92 Å². The van der Waals surface area contributed by atoms with Crippen molar-refractivity contribution >= 4 is 5.97 Å². The SMILES string of the molecule is CC(=O)O[C@H]1CO[C@H]2[C@@H]1OC[C@H]2O[N+](=O)[O-]. The molecule has 0 spiro atoms. The molecule has 2 saturated heterocycles. The van der Waals surface area contributed by atoms with Crippen molar-refractivity contribution in [3.05, 3.63) is 10.1 Å². The van der Waals surface area contributed by atoms with Gasteiger partial charge in [-0.15, -0.1) is 10.1 Å². The summed E-state index contributed by atoms with van der Waals surface area (Å²) in [6, 6.07) is 0. The third kappa shape index (κ3) is 2.07. The van der Waals surface area contributed by atoms with Crippen molar-refractivity contribution in [2.45, 2.75) is 31.3 Å². The van der Waals surface area contributed by atoms with Crippen molar-refractivity contribution in [1.29, 1.82) is 0 Å². The third-order valence-electron chi connectivity index (χ3n) is 2.50. The van der Waals surface area contributed by atoms with Crippen molar-refractivity contribution in [2.75, 3.05) is 13.2 Å². The van der Waals surface area contributed by atoms with Crippen LogP contribution in [0.25, 0.3) is 0 Å². The Morgan fingerprint density at radius 1 is 1.31 bits per heavy atom. The van der Waals surface area contributed by atoms with Crippen molar-refractivity contribution < 1.29 is 28.9 Å². The molecular weight excluding hydrogens is 222 g/mol. The summed E-state index contributed by atoms with van der Waals surface area (Å²) in [7, 11) is 0. The van der Waals surface area contributed by atoms with Gasteiger partial charge in [0.15, 0.2) is 12.2 Å². The van der Waals surface area contributed by atoms with Crippen LogP contribution >= 0.6 is 0 Å². The molecule has 0 unspecified atom stereocenters. The molecule has 0 N–H and O–H groups in total. The molecule has 0 bridgehead atoms. The highest BCUT2D eigenvalue weighted by molar-refractivity contribution is 5.66. The Morgan fingerprint density at radius 2 is 1.88 bits per heavy atom. The number of hydrogen-bond acceptors (Lipinski definition) is 7. The van der Waals surface area contributed by atoms with Gasteiger partial charge in [-0.1, -0.05) is 0 Å². The average molecular weight is 233 g/mol. The van der Waals surface area contributed by atoms with Gasteiger partial charge in [-0.25, -0.2) is 0 Å². The van der Waals surface area contributed by atoms with E-state index >= 15 is 0 Å². The maximum absolute atomic E-state index is 10.8. The van der Waals surface area contributed by atoms with Crippen LogP contribution in [-0.4, -0.2) is 48.7 Å². The van der Waals surface area contributed by atoms with Crippen molar-refractivity contribution in [3.8, 4) is 0 Å². The topological polar surface area (TPSA) is 97.1 Å². The largest absolute Gasteiger partial charge is 0.457 e. The molecule has 8 heteroatoms. The molecule has 2 rings (SSSR count).